The van der Waals surface area contributed by atoms with E-state index in [0.717, 1.165) is 22.3 Å². The molecule has 0 aliphatic rings. The molecule has 0 aromatic heterocycles. The number of rotatable bonds is 9. The number of ether oxygens (including phenoxy) is 2. The van der Waals surface area contributed by atoms with E-state index < -0.39 is 18.1 Å². The van der Waals surface area contributed by atoms with Crippen LogP contribution < -0.4 is 15.4 Å². The first-order valence-corrected chi connectivity index (χ1v) is 13.3. The fourth-order valence-electron chi connectivity index (χ4n) is 4.64. The maximum absolute atomic E-state index is 13.2. The molecule has 5 rings (SSSR count). The summed E-state index contributed by atoms with van der Waals surface area (Å²) in [6, 6.07) is 43.2. The van der Waals surface area contributed by atoms with Gasteiger partial charge in [0, 0.05) is 5.69 Å². The average molecular weight is 543 g/mol. The van der Waals surface area contributed by atoms with E-state index in [1.807, 2.05) is 121 Å². The zero-order valence-electron chi connectivity index (χ0n) is 22.6. The average Bonchev–Trinajstić information content (AvgIpc) is 3.04. The van der Waals surface area contributed by atoms with Gasteiger partial charge < -0.3 is 20.1 Å². The number of anilines is 1. The fraction of sp³-hybridized carbons (Fsp3) is 0.0857. The summed E-state index contributed by atoms with van der Waals surface area (Å²) >= 11 is 0. The molecule has 0 saturated heterocycles. The van der Waals surface area contributed by atoms with Gasteiger partial charge in [0.15, 0.2) is 0 Å². The Kier molecular flexibility index (Phi) is 8.72. The van der Waals surface area contributed by atoms with E-state index in [4.69, 9.17) is 9.47 Å². The number of urea groups is 1. The van der Waals surface area contributed by atoms with E-state index in [-0.39, 0.29) is 11.6 Å². The number of nitrogens with one attached hydrogen (secondary N) is 2. The molecule has 6 nitrogen and oxygen atoms in total. The van der Waals surface area contributed by atoms with Crippen molar-refractivity contribution >= 4 is 17.7 Å². The number of hydrogen-bond donors (Lipinski definition) is 2. The van der Waals surface area contributed by atoms with Gasteiger partial charge in [-0.25, -0.2) is 9.59 Å². The Bertz CT molecular complexity index is 1500. The Morgan fingerprint density at radius 3 is 1.54 bits per heavy atom. The molecule has 0 atom stereocenters. The predicted molar refractivity (Wildman–Crippen MR) is 160 cm³/mol. The standard InChI is InChI=1S/C35H30N2O4/c1-40-34(38)30-24-29(36-35(39)37-32(25-14-6-2-7-15-25)26-16-8-3-9-17-26)22-23-31(30)41-33(27-18-10-4-11-19-27)28-20-12-5-13-21-28/h2-24,32-33H,1H3,(H2,36,37,39). The number of benzene rings is 5. The second-order valence-electron chi connectivity index (χ2n) is 9.37. The highest BCUT2D eigenvalue weighted by atomic mass is 16.5. The van der Waals surface area contributed by atoms with Gasteiger partial charge in [0.1, 0.15) is 17.4 Å². The third-order valence-corrected chi connectivity index (χ3v) is 6.63. The highest BCUT2D eigenvalue weighted by molar-refractivity contribution is 5.96. The van der Waals surface area contributed by atoms with Crippen LogP contribution in [0.3, 0.4) is 0 Å². The molecule has 0 bridgehead atoms. The van der Waals surface area contributed by atoms with Gasteiger partial charge in [-0.1, -0.05) is 121 Å². The van der Waals surface area contributed by atoms with E-state index in [1.165, 1.54) is 7.11 Å². The lowest BCUT2D eigenvalue weighted by molar-refractivity contribution is 0.0594. The number of hydrogen-bond acceptors (Lipinski definition) is 4. The first-order valence-electron chi connectivity index (χ1n) is 13.3. The Morgan fingerprint density at radius 2 is 1.07 bits per heavy atom. The van der Waals surface area contributed by atoms with Gasteiger partial charge in [0.25, 0.3) is 0 Å². The van der Waals surface area contributed by atoms with Gasteiger partial charge in [-0.05, 0) is 40.5 Å². The number of esters is 1. The number of carbonyl (C=O) groups is 2. The molecule has 5 aromatic rings. The second-order valence-corrected chi connectivity index (χ2v) is 9.37. The second kappa shape index (κ2) is 13.1. The van der Waals surface area contributed by atoms with Crippen molar-refractivity contribution in [1.82, 2.24) is 5.32 Å². The monoisotopic (exact) mass is 542 g/mol. The number of methoxy groups -OCH3 is 1. The molecule has 0 saturated carbocycles. The van der Waals surface area contributed by atoms with Crippen LogP contribution in [0.1, 0.15) is 44.8 Å². The molecule has 0 unspecified atom stereocenters. The van der Waals surface area contributed by atoms with Crippen molar-refractivity contribution < 1.29 is 19.1 Å². The van der Waals surface area contributed by atoms with Crippen LogP contribution in [-0.2, 0) is 4.74 Å². The van der Waals surface area contributed by atoms with Crippen molar-refractivity contribution in [3.8, 4) is 5.75 Å². The minimum absolute atomic E-state index is 0.199. The van der Waals surface area contributed by atoms with E-state index >= 15 is 0 Å². The zero-order valence-corrected chi connectivity index (χ0v) is 22.6. The highest BCUT2D eigenvalue weighted by Crippen LogP contribution is 2.32. The number of amides is 2. The minimum Gasteiger partial charge on any atom is -0.480 e. The molecule has 0 radical (unpaired) electrons. The van der Waals surface area contributed by atoms with Crippen LogP contribution in [0.2, 0.25) is 0 Å². The summed E-state index contributed by atoms with van der Waals surface area (Å²) in [6.07, 6.45) is -0.458. The molecule has 41 heavy (non-hydrogen) atoms. The molecule has 2 N–H and O–H groups in total. The van der Waals surface area contributed by atoms with Crippen LogP contribution in [0.4, 0.5) is 10.5 Å². The van der Waals surface area contributed by atoms with E-state index in [1.54, 1.807) is 18.2 Å². The summed E-state index contributed by atoms with van der Waals surface area (Å²) in [5.74, 6) is -0.234. The molecule has 0 heterocycles. The quantitative estimate of drug-likeness (QED) is 0.189. The molecule has 6 heteroatoms. The van der Waals surface area contributed by atoms with E-state index in [0.29, 0.717) is 11.4 Å². The minimum atomic E-state index is -0.574. The number of carbonyl (C=O) groups excluding carboxylic acids is 2. The Balaban J connectivity index is 1.40. The topological polar surface area (TPSA) is 76.7 Å². The van der Waals surface area contributed by atoms with Gasteiger partial charge >= 0.3 is 12.0 Å². The largest absolute Gasteiger partial charge is 0.480 e. The predicted octanol–water partition coefficient (Wildman–Crippen LogP) is 7.55. The van der Waals surface area contributed by atoms with Crippen LogP contribution in [0.25, 0.3) is 0 Å². The lowest BCUT2D eigenvalue weighted by Gasteiger charge is -2.22. The van der Waals surface area contributed by atoms with Gasteiger partial charge in [0.2, 0.25) is 0 Å². The van der Waals surface area contributed by atoms with Crippen molar-refractivity contribution in [1.29, 1.82) is 0 Å². The SMILES string of the molecule is COC(=O)c1cc(NC(=O)NC(c2ccccc2)c2ccccc2)ccc1OC(c1ccccc1)c1ccccc1. The van der Waals surface area contributed by atoms with Gasteiger partial charge in [-0.2, -0.15) is 0 Å². The molecule has 5 aromatic carbocycles. The van der Waals surface area contributed by atoms with Gasteiger partial charge in [-0.3, -0.25) is 0 Å². The summed E-state index contributed by atoms with van der Waals surface area (Å²) in [5.41, 5.74) is 4.38. The third-order valence-electron chi connectivity index (χ3n) is 6.63. The molecule has 0 spiro atoms. The molecule has 0 aliphatic heterocycles. The van der Waals surface area contributed by atoms with Crippen LogP contribution in [0.15, 0.2) is 140 Å². The zero-order chi connectivity index (χ0) is 28.4. The van der Waals surface area contributed by atoms with Crippen molar-refractivity contribution in [3.63, 3.8) is 0 Å². The first kappa shape index (κ1) is 27.2. The molecule has 2 amide bonds. The molecule has 0 aliphatic carbocycles. The van der Waals surface area contributed by atoms with E-state index in [9.17, 15) is 9.59 Å². The van der Waals surface area contributed by atoms with E-state index in [2.05, 4.69) is 10.6 Å². The lowest BCUT2D eigenvalue weighted by Crippen LogP contribution is -2.33. The molecular weight excluding hydrogens is 512 g/mol. The lowest BCUT2D eigenvalue weighted by atomic mass is 9.99. The van der Waals surface area contributed by atoms with Crippen LogP contribution in [0.5, 0.6) is 5.75 Å². The van der Waals surface area contributed by atoms with Crippen LogP contribution >= 0.6 is 0 Å². The Labute approximate surface area is 239 Å². The molecular formula is C35H30N2O4. The maximum atomic E-state index is 13.2. The normalized spacial score (nSPS) is 10.7. The summed E-state index contributed by atoms with van der Waals surface area (Å²) < 4.78 is 11.5. The van der Waals surface area contributed by atoms with Crippen LogP contribution in [-0.4, -0.2) is 19.1 Å². The van der Waals surface area contributed by atoms with Crippen molar-refractivity contribution in [2.75, 3.05) is 12.4 Å². The highest BCUT2D eigenvalue weighted by Gasteiger charge is 2.22. The third kappa shape index (κ3) is 6.81. The Hall–Kier alpha value is -5.36. The first-order chi connectivity index (χ1) is 20.1. The summed E-state index contributed by atoms with van der Waals surface area (Å²) in [6.45, 7) is 0. The summed E-state index contributed by atoms with van der Waals surface area (Å²) in [4.78, 5) is 26.0. The van der Waals surface area contributed by atoms with Gasteiger partial charge in [0.05, 0.1) is 13.2 Å². The fourth-order valence-corrected chi connectivity index (χ4v) is 4.64. The molecule has 0 fully saturated rings. The van der Waals surface area contributed by atoms with Crippen molar-refractivity contribution in [2.24, 2.45) is 0 Å². The molecule has 204 valence electrons. The smallest absolute Gasteiger partial charge is 0.341 e. The van der Waals surface area contributed by atoms with Gasteiger partial charge in [-0.15, -0.1) is 0 Å². The van der Waals surface area contributed by atoms with Crippen molar-refractivity contribution in [2.45, 2.75) is 12.1 Å². The maximum Gasteiger partial charge on any atom is 0.341 e. The Morgan fingerprint density at radius 1 is 0.610 bits per heavy atom. The summed E-state index contributed by atoms with van der Waals surface area (Å²) in [5, 5.41) is 5.91. The van der Waals surface area contributed by atoms with Crippen molar-refractivity contribution in [3.05, 3.63) is 167 Å². The summed E-state index contributed by atoms with van der Waals surface area (Å²) in [7, 11) is 1.31. The van der Waals surface area contributed by atoms with Crippen LogP contribution in [0, 0.1) is 0 Å².